The van der Waals surface area contributed by atoms with Gasteiger partial charge in [-0.3, -0.25) is 0 Å². The highest BCUT2D eigenvalue weighted by Gasteiger charge is 2.29. The molecule has 1 heterocycles. The van der Waals surface area contributed by atoms with E-state index in [-0.39, 0.29) is 6.61 Å². The van der Waals surface area contributed by atoms with Crippen molar-refractivity contribution in [3.05, 3.63) is 58.7 Å². The van der Waals surface area contributed by atoms with Gasteiger partial charge in [-0.05, 0) is 49.9 Å². The molecule has 0 aliphatic carbocycles. The largest absolute Gasteiger partial charge is 0.467 e. The molecule has 0 radical (unpaired) electrons. The summed E-state index contributed by atoms with van der Waals surface area (Å²) in [4.78, 5) is 4.44. The monoisotopic (exact) mass is 440 g/mol. The second kappa shape index (κ2) is 9.15. The predicted octanol–water partition coefficient (Wildman–Crippen LogP) is 6.65. The molecule has 0 spiro atoms. The first kappa shape index (κ1) is 21.6. The lowest BCUT2D eigenvalue weighted by molar-refractivity contribution is -0.0396. The van der Waals surface area contributed by atoms with Gasteiger partial charge in [0.05, 0.1) is 6.61 Å². The molecule has 154 valence electrons. The van der Waals surface area contributed by atoms with Crippen LogP contribution in [0.15, 0.2) is 36.4 Å². The molecule has 3 rings (SSSR count). The first-order chi connectivity index (χ1) is 13.7. The van der Waals surface area contributed by atoms with E-state index in [0.717, 1.165) is 27.8 Å². The fourth-order valence-electron chi connectivity index (χ4n) is 2.65. The normalized spacial score (nSPS) is 11.7. The maximum atomic E-state index is 12.1. The number of nitrogens with zero attached hydrogens (tertiary/aromatic N) is 2. The number of hydrogen-bond donors (Lipinski definition) is 0. The molecule has 0 saturated carbocycles. The van der Waals surface area contributed by atoms with Crippen molar-refractivity contribution in [2.75, 3.05) is 6.61 Å². The van der Waals surface area contributed by atoms with Crippen LogP contribution in [0.4, 0.5) is 13.2 Å². The molecule has 0 atom stereocenters. The number of alkyl halides is 3. The number of aromatic nitrogens is 2. The highest BCUT2D eigenvalue weighted by atomic mass is 32.2. The van der Waals surface area contributed by atoms with E-state index >= 15 is 0 Å². The maximum absolute atomic E-state index is 12.1. The van der Waals surface area contributed by atoms with Crippen LogP contribution in [0.5, 0.6) is 10.9 Å². The predicted molar refractivity (Wildman–Crippen MR) is 109 cm³/mol. The summed E-state index contributed by atoms with van der Waals surface area (Å²) in [6.07, 6.45) is 0.381. The second-order valence-electron chi connectivity index (χ2n) is 6.50. The van der Waals surface area contributed by atoms with Crippen LogP contribution < -0.4 is 4.74 Å². The van der Waals surface area contributed by atoms with Gasteiger partial charge in [0.1, 0.15) is 17.8 Å². The molecule has 29 heavy (non-hydrogen) atoms. The summed E-state index contributed by atoms with van der Waals surface area (Å²) >= 11 is 0.699. The average Bonchev–Trinajstić information content (AvgIpc) is 3.11. The third-order valence-corrected chi connectivity index (χ3v) is 5.22. The SMILES string of the molecule is Cc1ccc(-c2nsc(Oc3cc(C)c(CCOSC(F)(F)F)cc3C)n2)cc1. The van der Waals surface area contributed by atoms with Crippen LogP contribution in [-0.4, -0.2) is 21.5 Å². The van der Waals surface area contributed by atoms with Crippen LogP contribution in [-0.2, 0) is 10.6 Å². The van der Waals surface area contributed by atoms with E-state index in [1.54, 1.807) is 0 Å². The average molecular weight is 441 g/mol. The molecule has 0 bridgehead atoms. The molecule has 3 aromatic rings. The molecule has 1 aromatic heterocycles. The fourth-order valence-corrected chi connectivity index (χ4v) is 3.52. The van der Waals surface area contributed by atoms with Gasteiger partial charge in [0.2, 0.25) is 0 Å². The molecule has 0 fully saturated rings. The van der Waals surface area contributed by atoms with Gasteiger partial charge in [-0.2, -0.15) is 22.5 Å². The number of benzene rings is 2. The van der Waals surface area contributed by atoms with E-state index < -0.39 is 17.6 Å². The van der Waals surface area contributed by atoms with Crippen molar-refractivity contribution >= 4 is 23.6 Å². The van der Waals surface area contributed by atoms with Crippen LogP contribution in [0.3, 0.4) is 0 Å². The van der Waals surface area contributed by atoms with E-state index in [9.17, 15) is 13.2 Å². The zero-order chi connectivity index (χ0) is 21.0. The number of rotatable bonds is 7. The van der Waals surface area contributed by atoms with Gasteiger partial charge in [-0.25, -0.2) is 0 Å². The van der Waals surface area contributed by atoms with Crippen LogP contribution >= 0.6 is 23.6 Å². The zero-order valence-corrected chi connectivity index (χ0v) is 17.7. The highest BCUT2D eigenvalue weighted by molar-refractivity contribution is 7.95. The van der Waals surface area contributed by atoms with Gasteiger partial charge in [0, 0.05) is 17.1 Å². The molecule has 9 heteroatoms. The van der Waals surface area contributed by atoms with Crippen molar-refractivity contribution in [1.29, 1.82) is 0 Å². The van der Waals surface area contributed by atoms with E-state index in [0.29, 0.717) is 23.2 Å². The molecule has 0 amide bonds. The van der Waals surface area contributed by atoms with Crippen LogP contribution in [0, 0.1) is 20.8 Å². The smallest absolute Gasteiger partial charge is 0.430 e. The minimum Gasteiger partial charge on any atom is -0.430 e. The van der Waals surface area contributed by atoms with E-state index in [1.807, 2.05) is 57.2 Å². The van der Waals surface area contributed by atoms with Gasteiger partial charge in [-0.1, -0.05) is 35.9 Å². The number of ether oxygens (including phenoxy) is 1. The van der Waals surface area contributed by atoms with Crippen LogP contribution in [0.2, 0.25) is 0 Å². The summed E-state index contributed by atoms with van der Waals surface area (Å²) in [5.74, 6) is 1.25. The van der Waals surface area contributed by atoms with Gasteiger partial charge in [0.15, 0.2) is 5.82 Å². The summed E-state index contributed by atoms with van der Waals surface area (Å²) < 4.78 is 51.2. The quantitative estimate of drug-likeness (QED) is 0.304. The Hall–Kier alpha value is -2.10. The highest BCUT2D eigenvalue weighted by Crippen LogP contribution is 2.33. The number of aryl methyl sites for hydroxylation is 3. The first-order valence-corrected chi connectivity index (χ1v) is 10.3. The number of hydrogen-bond acceptors (Lipinski definition) is 6. The standard InChI is InChI=1S/C20H19F3N2O2S2/c1-12-4-6-15(7-5-12)18-24-19(28-25-18)27-17-11-13(2)16(10-14(17)3)8-9-26-29-20(21,22)23/h4-7,10-11H,8-9H2,1-3H3. The van der Waals surface area contributed by atoms with E-state index in [4.69, 9.17) is 4.74 Å². The molecule has 0 aliphatic heterocycles. The Bertz CT molecular complexity index is 973. The Morgan fingerprint density at radius 3 is 2.45 bits per heavy atom. The Balaban J connectivity index is 1.66. The molecule has 0 N–H and O–H groups in total. The molecule has 0 unspecified atom stereocenters. The topological polar surface area (TPSA) is 44.2 Å². The van der Waals surface area contributed by atoms with Gasteiger partial charge in [-0.15, -0.1) is 0 Å². The maximum Gasteiger partial charge on any atom is 0.467 e. The Kier molecular flexibility index (Phi) is 6.81. The Morgan fingerprint density at radius 2 is 1.76 bits per heavy atom. The minimum atomic E-state index is -4.39. The summed E-state index contributed by atoms with van der Waals surface area (Å²) in [6, 6.07) is 11.7. The Morgan fingerprint density at radius 1 is 1.03 bits per heavy atom. The van der Waals surface area contributed by atoms with Crippen molar-refractivity contribution in [1.82, 2.24) is 9.36 Å². The van der Waals surface area contributed by atoms with Crippen molar-refractivity contribution < 1.29 is 22.1 Å². The lowest BCUT2D eigenvalue weighted by atomic mass is 10.0. The van der Waals surface area contributed by atoms with E-state index in [2.05, 4.69) is 13.5 Å². The molecule has 2 aromatic carbocycles. The van der Waals surface area contributed by atoms with Crippen LogP contribution in [0.25, 0.3) is 11.4 Å². The lowest BCUT2D eigenvalue weighted by Gasteiger charge is -2.12. The third kappa shape index (κ3) is 6.19. The first-order valence-electron chi connectivity index (χ1n) is 8.77. The lowest BCUT2D eigenvalue weighted by Crippen LogP contribution is -2.04. The summed E-state index contributed by atoms with van der Waals surface area (Å²) in [6.45, 7) is 5.76. The van der Waals surface area contributed by atoms with Crippen molar-refractivity contribution in [3.63, 3.8) is 0 Å². The Labute approximate surface area is 175 Å². The van der Waals surface area contributed by atoms with Gasteiger partial charge < -0.3 is 8.92 Å². The van der Waals surface area contributed by atoms with Gasteiger partial charge >= 0.3 is 5.51 Å². The molecule has 0 saturated heterocycles. The van der Waals surface area contributed by atoms with Crippen LogP contribution in [0.1, 0.15) is 22.3 Å². The third-order valence-electron chi connectivity index (χ3n) is 4.16. The second-order valence-corrected chi connectivity index (χ2v) is 8.08. The fraction of sp³-hybridized carbons (Fsp3) is 0.300. The van der Waals surface area contributed by atoms with Gasteiger partial charge in [0.25, 0.3) is 5.19 Å². The summed E-state index contributed by atoms with van der Waals surface area (Å²) in [5, 5.41) is 0.431. The van der Waals surface area contributed by atoms with Crippen molar-refractivity contribution in [3.8, 4) is 22.3 Å². The number of halogens is 3. The van der Waals surface area contributed by atoms with E-state index in [1.165, 1.54) is 11.5 Å². The molecule has 4 nitrogen and oxygen atoms in total. The van der Waals surface area contributed by atoms with Crippen molar-refractivity contribution in [2.24, 2.45) is 0 Å². The van der Waals surface area contributed by atoms with Crippen molar-refractivity contribution in [2.45, 2.75) is 32.7 Å². The molecular formula is C20H19F3N2O2S2. The molecular weight excluding hydrogens is 421 g/mol. The zero-order valence-electron chi connectivity index (χ0n) is 16.0. The minimum absolute atomic E-state index is 0.0268. The summed E-state index contributed by atoms with van der Waals surface area (Å²) in [7, 11) is 0. The summed E-state index contributed by atoms with van der Waals surface area (Å²) in [5.41, 5.74) is 0.378. The molecule has 0 aliphatic rings.